The van der Waals surface area contributed by atoms with E-state index in [1.807, 2.05) is 42.6 Å². The number of nitrogens with zero attached hydrogens (tertiary/aromatic N) is 2. The van der Waals surface area contributed by atoms with Crippen LogP contribution in [0.25, 0.3) is 10.9 Å². The van der Waals surface area contributed by atoms with Gasteiger partial charge in [0.1, 0.15) is 0 Å². The maximum absolute atomic E-state index is 4.56. The number of hydrogen-bond acceptors (Lipinski definition) is 3. The van der Waals surface area contributed by atoms with E-state index >= 15 is 0 Å². The van der Waals surface area contributed by atoms with E-state index in [1.54, 1.807) is 0 Å². The van der Waals surface area contributed by atoms with Gasteiger partial charge in [-0.2, -0.15) is 0 Å². The third kappa shape index (κ3) is 2.58. The van der Waals surface area contributed by atoms with Gasteiger partial charge in [-0.3, -0.25) is 0 Å². The summed E-state index contributed by atoms with van der Waals surface area (Å²) in [5, 5.41) is 4.26. The smallest absolute Gasteiger partial charge is 0.227 e. The first-order valence-electron chi connectivity index (χ1n) is 5.97. The average Bonchev–Trinajstić information content (AvgIpc) is 2.42. The number of anilines is 2. The first kappa shape index (κ1) is 12.1. The lowest BCUT2D eigenvalue weighted by atomic mass is 10.1. The molecule has 3 aromatic rings. The molecule has 0 spiro atoms. The summed E-state index contributed by atoms with van der Waals surface area (Å²) >= 11 is 3.41. The molecule has 0 fully saturated rings. The van der Waals surface area contributed by atoms with E-state index in [4.69, 9.17) is 0 Å². The van der Waals surface area contributed by atoms with Crippen molar-refractivity contribution in [3.8, 4) is 0 Å². The van der Waals surface area contributed by atoms with Crippen LogP contribution in [0.1, 0.15) is 5.56 Å². The number of para-hydroxylation sites is 1. The number of aromatic nitrogens is 2. The monoisotopic (exact) mass is 313 g/mol. The second kappa shape index (κ2) is 4.97. The average molecular weight is 314 g/mol. The van der Waals surface area contributed by atoms with Crippen LogP contribution in [0, 0.1) is 6.92 Å². The van der Waals surface area contributed by atoms with E-state index in [-0.39, 0.29) is 0 Å². The Kier molecular flexibility index (Phi) is 3.17. The van der Waals surface area contributed by atoms with Crippen LogP contribution in [0.5, 0.6) is 0 Å². The Morgan fingerprint density at radius 2 is 1.84 bits per heavy atom. The summed E-state index contributed by atoms with van der Waals surface area (Å²) in [6, 6.07) is 14.0. The minimum atomic E-state index is 0.615. The van der Waals surface area contributed by atoms with Crippen LogP contribution in [0.4, 0.5) is 11.6 Å². The molecule has 1 heterocycles. The molecule has 94 valence electrons. The van der Waals surface area contributed by atoms with Gasteiger partial charge >= 0.3 is 0 Å². The van der Waals surface area contributed by atoms with E-state index < -0.39 is 0 Å². The minimum absolute atomic E-state index is 0.615. The van der Waals surface area contributed by atoms with E-state index in [1.165, 1.54) is 0 Å². The van der Waals surface area contributed by atoms with Crippen LogP contribution in [0.3, 0.4) is 0 Å². The Labute approximate surface area is 119 Å². The fraction of sp³-hybridized carbons (Fsp3) is 0.0667. The molecule has 4 heteroatoms. The van der Waals surface area contributed by atoms with Gasteiger partial charge in [-0.05, 0) is 36.8 Å². The van der Waals surface area contributed by atoms with Crippen molar-refractivity contribution in [2.45, 2.75) is 6.92 Å². The summed E-state index contributed by atoms with van der Waals surface area (Å²) in [5.74, 6) is 0.615. The molecule has 0 aliphatic carbocycles. The topological polar surface area (TPSA) is 37.8 Å². The molecule has 0 bridgehead atoms. The lowest BCUT2D eigenvalue weighted by Gasteiger charge is -2.07. The van der Waals surface area contributed by atoms with Gasteiger partial charge in [0.25, 0.3) is 0 Å². The highest BCUT2D eigenvalue weighted by Gasteiger charge is 2.02. The highest BCUT2D eigenvalue weighted by molar-refractivity contribution is 9.10. The molecule has 3 nitrogen and oxygen atoms in total. The second-order valence-electron chi connectivity index (χ2n) is 4.34. The lowest BCUT2D eigenvalue weighted by Crippen LogP contribution is -1.97. The predicted molar refractivity (Wildman–Crippen MR) is 81.7 cm³/mol. The van der Waals surface area contributed by atoms with Gasteiger partial charge in [0.05, 0.1) is 5.52 Å². The first-order chi connectivity index (χ1) is 9.22. The van der Waals surface area contributed by atoms with Gasteiger partial charge in [0.2, 0.25) is 5.95 Å². The van der Waals surface area contributed by atoms with Gasteiger partial charge in [0, 0.05) is 21.7 Å². The zero-order chi connectivity index (χ0) is 13.2. The van der Waals surface area contributed by atoms with Crippen LogP contribution < -0.4 is 5.32 Å². The number of nitrogens with one attached hydrogen (secondary N) is 1. The summed E-state index contributed by atoms with van der Waals surface area (Å²) < 4.78 is 1.05. The van der Waals surface area contributed by atoms with E-state index in [9.17, 15) is 0 Å². The maximum Gasteiger partial charge on any atom is 0.227 e. The quantitative estimate of drug-likeness (QED) is 0.759. The number of aryl methyl sites for hydroxylation is 1. The number of rotatable bonds is 2. The molecular weight excluding hydrogens is 302 g/mol. The van der Waals surface area contributed by atoms with Crippen molar-refractivity contribution in [3.05, 3.63) is 58.7 Å². The van der Waals surface area contributed by atoms with Gasteiger partial charge in [-0.25, -0.2) is 9.97 Å². The van der Waals surface area contributed by atoms with Crippen molar-refractivity contribution in [2.24, 2.45) is 0 Å². The molecule has 0 atom stereocenters. The summed E-state index contributed by atoms with van der Waals surface area (Å²) in [5.41, 5.74) is 3.10. The van der Waals surface area contributed by atoms with Crippen molar-refractivity contribution in [3.63, 3.8) is 0 Å². The van der Waals surface area contributed by atoms with Gasteiger partial charge in [0.15, 0.2) is 0 Å². The largest absolute Gasteiger partial charge is 0.324 e. The Balaban J connectivity index is 1.97. The minimum Gasteiger partial charge on any atom is -0.324 e. The molecule has 1 N–H and O–H groups in total. The second-order valence-corrected chi connectivity index (χ2v) is 5.25. The van der Waals surface area contributed by atoms with Crippen molar-refractivity contribution in [1.82, 2.24) is 9.97 Å². The zero-order valence-electron chi connectivity index (χ0n) is 10.4. The normalized spacial score (nSPS) is 10.6. The summed E-state index contributed by atoms with van der Waals surface area (Å²) in [7, 11) is 0. The molecule has 0 radical (unpaired) electrons. The number of fused-ring (bicyclic) bond motifs is 1. The lowest BCUT2D eigenvalue weighted by molar-refractivity contribution is 1.20. The van der Waals surface area contributed by atoms with Crippen LogP contribution in [-0.4, -0.2) is 9.97 Å². The molecule has 0 saturated heterocycles. The molecule has 3 rings (SSSR count). The van der Waals surface area contributed by atoms with Crippen molar-refractivity contribution >= 4 is 38.5 Å². The van der Waals surface area contributed by atoms with Crippen LogP contribution in [-0.2, 0) is 0 Å². The molecule has 0 unspecified atom stereocenters. The van der Waals surface area contributed by atoms with Crippen LogP contribution in [0.2, 0.25) is 0 Å². The molecule has 1 aromatic heterocycles. The number of benzene rings is 2. The molecule has 0 amide bonds. The van der Waals surface area contributed by atoms with Gasteiger partial charge in [-0.15, -0.1) is 0 Å². The predicted octanol–water partition coefficient (Wildman–Crippen LogP) is 4.44. The molecular formula is C15H12BrN3. The highest BCUT2D eigenvalue weighted by atomic mass is 79.9. The van der Waals surface area contributed by atoms with Crippen molar-refractivity contribution in [1.29, 1.82) is 0 Å². The van der Waals surface area contributed by atoms with Crippen LogP contribution >= 0.6 is 15.9 Å². The van der Waals surface area contributed by atoms with E-state index in [0.717, 1.165) is 26.6 Å². The standard InChI is InChI=1S/C15H12BrN3/c1-10-3-2-4-11-9-17-15(19-14(10)11)18-13-7-5-12(16)6-8-13/h2-9H,1H3,(H,17,18,19). The molecule has 0 saturated carbocycles. The van der Waals surface area contributed by atoms with Crippen molar-refractivity contribution in [2.75, 3.05) is 5.32 Å². The fourth-order valence-electron chi connectivity index (χ4n) is 1.93. The summed E-state index contributed by atoms with van der Waals surface area (Å²) in [6.07, 6.45) is 1.84. The Hall–Kier alpha value is -1.94. The third-order valence-corrected chi connectivity index (χ3v) is 3.44. The Morgan fingerprint density at radius 3 is 2.63 bits per heavy atom. The first-order valence-corrected chi connectivity index (χ1v) is 6.77. The number of halogens is 1. The van der Waals surface area contributed by atoms with Crippen LogP contribution in [0.15, 0.2) is 53.1 Å². The Bertz CT molecular complexity index is 723. The van der Waals surface area contributed by atoms with E-state index in [0.29, 0.717) is 5.95 Å². The molecule has 2 aromatic carbocycles. The summed E-state index contributed by atoms with van der Waals surface area (Å²) in [6.45, 7) is 2.05. The van der Waals surface area contributed by atoms with Gasteiger partial charge in [-0.1, -0.05) is 34.1 Å². The molecule has 0 aliphatic rings. The maximum atomic E-state index is 4.56. The third-order valence-electron chi connectivity index (χ3n) is 2.91. The Morgan fingerprint density at radius 1 is 1.05 bits per heavy atom. The van der Waals surface area contributed by atoms with Crippen molar-refractivity contribution < 1.29 is 0 Å². The fourth-order valence-corrected chi connectivity index (χ4v) is 2.19. The highest BCUT2D eigenvalue weighted by Crippen LogP contribution is 2.20. The molecule has 19 heavy (non-hydrogen) atoms. The SMILES string of the molecule is Cc1cccc2cnc(Nc3ccc(Br)cc3)nc12. The van der Waals surface area contributed by atoms with E-state index in [2.05, 4.69) is 44.2 Å². The summed E-state index contributed by atoms with van der Waals surface area (Å²) in [4.78, 5) is 8.89. The molecule has 0 aliphatic heterocycles. The van der Waals surface area contributed by atoms with Gasteiger partial charge < -0.3 is 5.32 Å². The number of hydrogen-bond donors (Lipinski definition) is 1. The zero-order valence-corrected chi connectivity index (χ0v) is 12.0.